The van der Waals surface area contributed by atoms with E-state index in [-0.39, 0.29) is 0 Å². The van der Waals surface area contributed by atoms with Gasteiger partial charge in [0, 0.05) is 18.3 Å². The number of hydrogen-bond acceptors (Lipinski definition) is 3. The average molecular weight is 281 g/mol. The largest absolute Gasteiger partial charge is 0.480 e. The Kier molecular flexibility index (Phi) is 3.04. The first-order valence-electron chi connectivity index (χ1n) is 3.27. The second-order valence-electron chi connectivity index (χ2n) is 2.35. The van der Waals surface area contributed by atoms with E-state index in [2.05, 4.69) is 4.98 Å². The van der Waals surface area contributed by atoms with Gasteiger partial charge in [-0.3, -0.25) is 7.58 Å². The van der Waals surface area contributed by atoms with Crippen LogP contribution in [0.15, 0.2) is 12.5 Å². The third kappa shape index (κ3) is 2.18. The van der Waals surface area contributed by atoms with Gasteiger partial charge in [0.05, 0.1) is 22.9 Å². The van der Waals surface area contributed by atoms with Crippen molar-refractivity contribution in [3.63, 3.8) is 0 Å². The highest BCUT2D eigenvalue weighted by molar-refractivity contribution is 14.1. The number of nitrogens with zero attached hydrogens (tertiary/aromatic N) is 2. The maximum Gasteiger partial charge on any atom is 0.320 e. The Morgan fingerprint density at radius 2 is 2.58 bits per heavy atom. The minimum Gasteiger partial charge on any atom is -0.480 e. The van der Waals surface area contributed by atoms with Crippen molar-refractivity contribution in [2.45, 2.75) is 12.5 Å². The molecular formula is C6H8IN3O2. The SMILES string of the molecule is NC(Cc1cncn1I)C(=O)O. The first kappa shape index (κ1) is 9.46. The fourth-order valence-corrected chi connectivity index (χ4v) is 1.23. The third-order valence-electron chi connectivity index (χ3n) is 1.41. The molecule has 1 aromatic heterocycles. The molecule has 6 heteroatoms. The van der Waals surface area contributed by atoms with Crippen LogP contribution in [0, 0.1) is 0 Å². The van der Waals surface area contributed by atoms with Crippen LogP contribution in [-0.4, -0.2) is 24.9 Å². The lowest BCUT2D eigenvalue weighted by molar-refractivity contribution is -0.138. The Labute approximate surface area is 83.1 Å². The Hall–Kier alpha value is -0.630. The summed E-state index contributed by atoms with van der Waals surface area (Å²) in [5.74, 6) is -0.993. The van der Waals surface area contributed by atoms with Gasteiger partial charge in [-0.25, -0.2) is 4.98 Å². The van der Waals surface area contributed by atoms with Crippen molar-refractivity contribution in [2.75, 3.05) is 0 Å². The summed E-state index contributed by atoms with van der Waals surface area (Å²) in [4.78, 5) is 14.2. The van der Waals surface area contributed by atoms with E-state index in [0.717, 1.165) is 5.69 Å². The summed E-state index contributed by atoms with van der Waals surface area (Å²) in [6.07, 6.45) is 3.51. The predicted molar refractivity (Wildman–Crippen MR) is 51.0 cm³/mol. The van der Waals surface area contributed by atoms with E-state index in [1.54, 1.807) is 15.3 Å². The number of rotatable bonds is 3. The van der Waals surface area contributed by atoms with Gasteiger partial charge in [-0.15, -0.1) is 0 Å². The van der Waals surface area contributed by atoms with Gasteiger partial charge >= 0.3 is 5.97 Å². The van der Waals surface area contributed by atoms with Gasteiger partial charge in [0.2, 0.25) is 0 Å². The first-order chi connectivity index (χ1) is 5.61. The number of aliphatic carboxylic acids is 1. The van der Waals surface area contributed by atoms with E-state index >= 15 is 0 Å². The lowest BCUT2D eigenvalue weighted by Gasteiger charge is -2.04. The molecule has 0 aromatic carbocycles. The molecular weight excluding hydrogens is 273 g/mol. The molecule has 1 rings (SSSR count). The van der Waals surface area contributed by atoms with Gasteiger partial charge in [0.1, 0.15) is 12.4 Å². The Balaban J connectivity index is 2.64. The van der Waals surface area contributed by atoms with E-state index in [1.807, 2.05) is 22.9 Å². The van der Waals surface area contributed by atoms with E-state index in [4.69, 9.17) is 10.8 Å². The van der Waals surface area contributed by atoms with E-state index in [1.165, 1.54) is 0 Å². The highest BCUT2D eigenvalue weighted by Crippen LogP contribution is 2.05. The molecule has 0 aliphatic rings. The topological polar surface area (TPSA) is 81.1 Å². The molecule has 66 valence electrons. The maximum atomic E-state index is 10.4. The van der Waals surface area contributed by atoms with Crippen molar-refractivity contribution in [2.24, 2.45) is 5.73 Å². The normalized spacial score (nSPS) is 12.8. The van der Waals surface area contributed by atoms with Crippen molar-refractivity contribution in [1.82, 2.24) is 7.76 Å². The number of carboxylic acid groups (broad SMARTS) is 1. The molecule has 0 spiro atoms. The zero-order valence-corrected chi connectivity index (χ0v) is 8.30. The number of imidazole rings is 1. The average Bonchev–Trinajstić information content (AvgIpc) is 2.36. The van der Waals surface area contributed by atoms with Crippen LogP contribution in [0.2, 0.25) is 0 Å². The van der Waals surface area contributed by atoms with Crippen LogP contribution >= 0.6 is 22.9 Å². The molecule has 0 amide bonds. The second-order valence-corrected chi connectivity index (χ2v) is 3.38. The maximum absolute atomic E-state index is 10.4. The van der Waals surface area contributed by atoms with Gasteiger partial charge in [0.15, 0.2) is 0 Å². The summed E-state index contributed by atoms with van der Waals surface area (Å²) in [5, 5.41) is 8.51. The molecule has 0 fully saturated rings. The summed E-state index contributed by atoms with van der Waals surface area (Å²) in [6, 6.07) is -0.852. The minimum absolute atomic E-state index is 0.304. The Morgan fingerprint density at radius 3 is 3.00 bits per heavy atom. The smallest absolute Gasteiger partial charge is 0.320 e. The highest BCUT2D eigenvalue weighted by Gasteiger charge is 2.13. The molecule has 0 saturated carbocycles. The van der Waals surface area contributed by atoms with Crippen molar-refractivity contribution >= 4 is 28.8 Å². The van der Waals surface area contributed by atoms with E-state index in [0.29, 0.717) is 6.42 Å². The standard InChI is InChI=1S/C6H8IN3O2/c7-10-3-9-2-4(10)1-5(8)6(11)12/h2-3,5H,1,8H2,(H,11,12). The van der Waals surface area contributed by atoms with E-state index in [9.17, 15) is 4.79 Å². The van der Waals surface area contributed by atoms with Crippen LogP contribution in [0.3, 0.4) is 0 Å². The van der Waals surface area contributed by atoms with Gasteiger partial charge < -0.3 is 10.8 Å². The predicted octanol–water partition coefficient (Wildman–Crippen LogP) is 0.0356. The third-order valence-corrected chi connectivity index (χ3v) is 2.28. The minimum atomic E-state index is -0.993. The van der Waals surface area contributed by atoms with Crippen LogP contribution in [0.5, 0.6) is 0 Å². The summed E-state index contributed by atoms with van der Waals surface area (Å²) >= 11 is 2.02. The Morgan fingerprint density at radius 1 is 1.92 bits per heavy atom. The molecule has 0 bridgehead atoms. The molecule has 1 atom stereocenters. The molecule has 0 aliphatic carbocycles. The number of hydrogen-bond donors (Lipinski definition) is 2. The molecule has 1 unspecified atom stereocenters. The van der Waals surface area contributed by atoms with Crippen molar-refractivity contribution < 1.29 is 9.90 Å². The number of carboxylic acids is 1. The fourth-order valence-electron chi connectivity index (χ4n) is 0.760. The number of halogens is 1. The monoisotopic (exact) mass is 281 g/mol. The van der Waals surface area contributed by atoms with Gasteiger partial charge in [-0.2, -0.15) is 0 Å². The summed E-state index contributed by atoms with van der Waals surface area (Å²) in [5.41, 5.74) is 6.14. The summed E-state index contributed by atoms with van der Waals surface area (Å²) in [6.45, 7) is 0. The second kappa shape index (κ2) is 3.85. The number of nitrogens with two attached hydrogens (primary N) is 1. The molecule has 1 aromatic rings. The molecule has 0 radical (unpaired) electrons. The molecule has 5 nitrogen and oxygen atoms in total. The Bertz CT molecular complexity index is 286. The molecule has 0 saturated heterocycles. The van der Waals surface area contributed by atoms with Gasteiger partial charge in [-0.1, -0.05) is 0 Å². The molecule has 0 aliphatic heterocycles. The lowest BCUT2D eigenvalue weighted by Crippen LogP contribution is -2.32. The van der Waals surface area contributed by atoms with Crippen molar-refractivity contribution in [3.05, 3.63) is 18.2 Å². The van der Waals surface area contributed by atoms with Crippen molar-refractivity contribution in [1.29, 1.82) is 0 Å². The summed E-state index contributed by atoms with van der Waals surface area (Å²) in [7, 11) is 0. The fraction of sp³-hybridized carbons (Fsp3) is 0.333. The van der Waals surface area contributed by atoms with Crippen LogP contribution in [0.4, 0.5) is 0 Å². The molecule has 1 heterocycles. The zero-order valence-electron chi connectivity index (χ0n) is 6.14. The van der Waals surface area contributed by atoms with E-state index < -0.39 is 12.0 Å². The van der Waals surface area contributed by atoms with Gasteiger partial charge in [0.25, 0.3) is 0 Å². The number of aromatic nitrogens is 2. The summed E-state index contributed by atoms with van der Waals surface area (Å²) < 4.78 is 1.72. The first-order valence-corrected chi connectivity index (χ1v) is 4.23. The highest BCUT2D eigenvalue weighted by atomic mass is 127. The van der Waals surface area contributed by atoms with Crippen LogP contribution in [0.1, 0.15) is 5.69 Å². The lowest BCUT2D eigenvalue weighted by atomic mass is 10.2. The van der Waals surface area contributed by atoms with Gasteiger partial charge in [-0.05, 0) is 0 Å². The van der Waals surface area contributed by atoms with Crippen LogP contribution < -0.4 is 5.73 Å². The zero-order chi connectivity index (χ0) is 9.14. The van der Waals surface area contributed by atoms with Crippen molar-refractivity contribution in [3.8, 4) is 0 Å². The number of carbonyl (C=O) groups is 1. The molecule has 12 heavy (non-hydrogen) atoms. The van der Waals surface area contributed by atoms with Crippen LogP contribution in [0.25, 0.3) is 0 Å². The van der Waals surface area contributed by atoms with Crippen LogP contribution in [-0.2, 0) is 11.2 Å². The quantitative estimate of drug-likeness (QED) is 0.766. The molecule has 3 N–H and O–H groups in total.